The van der Waals surface area contributed by atoms with Crippen molar-refractivity contribution in [2.45, 2.75) is 4.90 Å². The molecule has 0 aliphatic rings. The Balaban J connectivity index is 1.91. The lowest BCUT2D eigenvalue weighted by molar-refractivity contribution is -0.0756. The molecule has 0 atom stereocenters. The van der Waals surface area contributed by atoms with Gasteiger partial charge in [-0.3, -0.25) is 14.6 Å². The van der Waals surface area contributed by atoms with E-state index in [4.69, 9.17) is 4.84 Å². The number of nitrogens with zero attached hydrogens (tertiary/aromatic N) is 3. The molecule has 0 saturated heterocycles. The topological polar surface area (TPSA) is 81.5 Å². The summed E-state index contributed by atoms with van der Waals surface area (Å²) in [6, 6.07) is 15.2. The molecule has 0 aliphatic carbocycles. The number of carbonyl (C=O) groups is 1. The Labute approximate surface area is 161 Å². The van der Waals surface area contributed by atoms with Gasteiger partial charge in [-0.15, -0.1) is 0 Å². The normalized spacial score (nSPS) is 11.8. The van der Waals surface area contributed by atoms with Crippen molar-refractivity contribution in [1.82, 2.24) is 14.0 Å². The smallest absolute Gasteiger partial charge is 0.274 e. The molecule has 1 amide bonds. The van der Waals surface area contributed by atoms with Crippen LogP contribution in [0.3, 0.4) is 0 Å². The number of para-hydroxylation sites is 1. The molecule has 28 heavy (non-hydrogen) atoms. The van der Waals surface area contributed by atoms with Crippen LogP contribution in [0.2, 0.25) is 0 Å². The van der Waals surface area contributed by atoms with Gasteiger partial charge in [-0.1, -0.05) is 24.3 Å². The van der Waals surface area contributed by atoms with Crippen molar-refractivity contribution in [3.05, 3.63) is 72.6 Å². The van der Waals surface area contributed by atoms with Crippen molar-refractivity contribution in [2.24, 2.45) is 0 Å². The summed E-state index contributed by atoms with van der Waals surface area (Å²) < 4.78 is 28.0. The van der Waals surface area contributed by atoms with Gasteiger partial charge in [0.05, 0.1) is 18.1 Å². The van der Waals surface area contributed by atoms with Crippen LogP contribution in [0.4, 0.5) is 0 Å². The van der Waals surface area contributed by atoms with Crippen LogP contribution >= 0.6 is 0 Å². The summed E-state index contributed by atoms with van der Waals surface area (Å²) in [5, 5.41) is 2.52. The molecule has 0 aliphatic heterocycles. The third-order valence-corrected chi connectivity index (χ3v) is 6.32. The summed E-state index contributed by atoms with van der Waals surface area (Å²) in [6.07, 6.45) is 3.04. The van der Waals surface area contributed by atoms with Crippen LogP contribution in [-0.4, -0.2) is 42.5 Å². The van der Waals surface area contributed by atoms with Gasteiger partial charge >= 0.3 is 0 Å². The number of rotatable bonds is 4. The zero-order chi connectivity index (χ0) is 19.9. The summed E-state index contributed by atoms with van der Waals surface area (Å²) in [7, 11) is -1.04. The van der Waals surface area contributed by atoms with E-state index in [1.165, 1.54) is 30.4 Å². The summed E-state index contributed by atoms with van der Waals surface area (Å²) in [5.41, 5.74) is 1.13. The zero-order valence-corrected chi connectivity index (χ0v) is 16.1. The Morgan fingerprint density at radius 2 is 1.86 bits per heavy atom. The fourth-order valence-corrected chi connectivity index (χ4v) is 4.62. The first-order chi connectivity index (χ1) is 13.4. The molecule has 0 radical (unpaired) electrons. The van der Waals surface area contributed by atoms with E-state index in [0.29, 0.717) is 22.0 Å². The summed E-state index contributed by atoms with van der Waals surface area (Å²) in [5.74, 6) is -0.374. The second kappa shape index (κ2) is 6.74. The van der Waals surface area contributed by atoms with Crippen molar-refractivity contribution in [3.63, 3.8) is 0 Å². The van der Waals surface area contributed by atoms with Gasteiger partial charge in [0.25, 0.3) is 15.9 Å². The van der Waals surface area contributed by atoms with E-state index in [1.54, 1.807) is 42.6 Å². The molecule has 0 spiro atoms. The maximum atomic E-state index is 13.4. The molecular weight excluding hydrogens is 378 g/mol. The first kappa shape index (κ1) is 18.1. The van der Waals surface area contributed by atoms with Gasteiger partial charge < -0.3 is 0 Å². The number of amides is 1. The Morgan fingerprint density at radius 3 is 2.64 bits per heavy atom. The molecule has 7 nitrogen and oxygen atoms in total. The molecule has 142 valence electrons. The molecule has 0 fully saturated rings. The zero-order valence-electron chi connectivity index (χ0n) is 15.2. The maximum Gasteiger partial charge on any atom is 0.277 e. The predicted molar refractivity (Wildman–Crippen MR) is 105 cm³/mol. The van der Waals surface area contributed by atoms with Gasteiger partial charge in [0.2, 0.25) is 0 Å². The second-order valence-electron chi connectivity index (χ2n) is 6.21. The molecule has 4 rings (SSSR count). The van der Waals surface area contributed by atoms with Crippen molar-refractivity contribution in [2.75, 3.05) is 14.2 Å². The first-order valence-electron chi connectivity index (χ1n) is 8.46. The van der Waals surface area contributed by atoms with Gasteiger partial charge in [-0.05, 0) is 30.3 Å². The highest BCUT2D eigenvalue weighted by molar-refractivity contribution is 7.90. The fourth-order valence-electron chi connectivity index (χ4n) is 3.10. The number of carbonyl (C=O) groups excluding carboxylic acids is 1. The van der Waals surface area contributed by atoms with Gasteiger partial charge in [-0.25, -0.2) is 17.5 Å². The lowest BCUT2D eigenvalue weighted by atomic mass is 10.1. The SMILES string of the molecule is CON(C)C(=O)c1ccc2ccn(S(=O)(=O)c3cccc4cccnc34)c2c1. The van der Waals surface area contributed by atoms with Gasteiger partial charge in [0.1, 0.15) is 4.90 Å². The fraction of sp³-hybridized carbons (Fsp3) is 0.100. The van der Waals surface area contributed by atoms with E-state index in [2.05, 4.69) is 4.98 Å². The van der Waals surface area contributed by atoms with Crippen LogP contribution in [0.5, 0.6) is 0 Å². The van der Waals surface area contributed by atoms with Gasteiger partial charge in [0.15, 0.2) is 0 Å². The van der Waals surface area contributed by atoms with Crippen LogP contribution in [-0.2, 0) is 14.9 Å². The van der Waals surface area contributed by atoms with Crippen LogP contribution in [0.25, 0.3) is 21.8 Å². The molecule has 2 aromatic carbocycles. The van der Waals surface area contributed by atoms with Gasteiger partial charge in [-0.2, -0.15) is 0 Å². The molecular formula is C20H17N3O4S. The minimum atomic E-state index is -3.92. The lowest BCUT2D eigenvalue weighted by Crippen LogP contribution is -2.25. The van der Waals surface area contributed by atoms with E-state index < -0.39 is 10.0 Å². The minimum Gasteiger partial charge on any atom is -0.274 e. The highest BCUT2D eigenvalue weighted by Crippen LogP contribution is 2.27. The molecule has 2 aromatic heterocycles. The van der Waals surface area contributed by atoms with Crippen molar-refractivity contribution in [1.29, 1.82) is 0 Å². The van der Waals surface area contributed by atoms with Crippen LogP contribution < -0.4 is 0 Å². The highest BCUT2D eigenvalue weighted by Gasteiger charge is 2.23. The molecule has 0 N–H and O–H groups in total. The van der Waals surface area contributed by atoms with Crippen LogP contribution in [0.15, 0.2) is 71.9 Å². The number of aromatic nitrogens is 2. The number of hydrogen-bond acceptors (Lipinski definition) is 5. The maximum absolute atomic E-state index is 13.4. The number of pyridine rings is 1. The standard InChI is InChI=1S/C20H17N3O4S/c1-22(27-2)20(24)16-9-8-14-10-12-23(17(14)13-16)28(25,26)18-7-3-5-15-6-4-11-21-19(15)18/h3-13H,1-2H3. The Hall–Kier alpha value is -3.23. The van der Waals surface area contributed by atoms with Crippen molar-refractivity contribution < 1.29 is 18.0 Å². The lowest BCUT2D eigenvalue weighted by Gasteiger charge is -2.14. The molecule has 0 bridgehead atoms. The molecule has 0 unspecified atom stereocenters. The van der Waals surface area contributed by atoms with E-state index in [-0.39, 0.29) is 10.8 Å². The minimum absolute atomic E-state index is 0.105. The summed E-state index contributed by atoms with van der Waals surface area (Å²) in [4.78, 5) is 21.7. The number of hydrogen-bond donors (Lipinski definition) is 0. The Morgan fingerprint density at radius 1 is 1.07 bits per heavy atom. The van der Waals surface area contributed by atoms with E-state index in [0.717, 1.165) is 10.4 Å². The average Bonchev–Trinajstić information content (AvgIpc) is 3.16. The van der Waals surface area contributed by atoms with Crippen molar-refractivity contribution in [3.8, 4) is 0 Å². The highest BCUT2D eigenvalue weighted by atomic mass is 32.2. The third-order valence-electron chi connectivity index (χ3n) is 4.60. The summed E-state index contributed by atoms with van der Waals surface area (Å²) in [6.45, 7) is 0. The third kappa shape index (κ3) is 2.83. The van der Waals surface area contributed by atoms with Crippen LogP contribution in [0.1, 0.15) is 10.4 Å². The Kier molecular flexibility index (Phi) is 4.37. The summed E-state index contributed by atoms with van der Waals surface area (Å²) >= 11 is 0. The number of fused-ring (bicyclic) bond motifs is 2. The van der Waals surface area contributed by atoms with Crippen molar-refractivity contribution >= 4 is 37.7 Å². The number of benzene rings is 2. The average molecular weight is 395 g/mol. The second-order valence-corrected chi connectivity index (χ2v) is 7.99. The molecule has 4 aromatic rings. The Bertz CT molecular complexity index is 1310. The van der Waals surface area contributed by atoms with E-state index >= 15 is 0 Å². The first-order valence-corrected chi connectivity index (χ1v) is 9.90. The monoisotopic (exact) mass is 395 g/mol. The van der Waals surface area contributed by atoms with Gasteiger partial charge in [0, 0.05) is 35.8 Å². The van der Waals surface area contributed by atoms with E-state index in [1.807, 2.05) is 12.1 Å². The molecule has 8 heteroatoms. The quantitative estimate of drug-likeness (QED) is 0.496. The number of hydroxylamine groups is 2. The van der Waals surface area contributed by atoms with Crippen LogP contribution in [0, 0.1) is 0 Å². The molecule has 2 heterocycles. The largest absolute Gasteiger partial charge is 0.277 e. The molecule has 0 saturated carbocycles. The predicted octanol–water partition coefficient (Wildman–Crippen LogP) is 3.06. The van der Waals surface area contributed by atoms with E-state index in [9.17, 15) is 13.2 Å².